The molecule has 2 heterocycles. The molecule has 0 saturated heterocycles. The second kappa shape index (κ2) is 8.28. The van der Waals surface area contributed by atoms with Crippen LogP contribution in [0, 0.1) is 6.92 Å². The molecule has 2 aromatic heterocycles. The van der Waals surface area contributed by atoms with Gasteiger partial charge >= 0.3 is 0 Å². The first-order valence-corrected chi connectivity index (χ1v) is 14.1. The van der Waals surface area contributed by atoms with Gasteiger partial charge in [-0.25, -0.2) is 9.13 Å². The highest BCUT2D eigenvalue weighted by atomic mass is 32.1. The summed E-state index contributed by atoms with van der Waals surface area (Å²) in [6, 6.07) is 35.7. The molecule has 0 bridgehead atoms. The number of aromatic nitrogens is 2. The van der Waals surface area contributed by atoms with Gasteiger partial charge in [0.05, 0.1) is 12.6 Å². The van der Waals surface area contributed by atoms with Crippen LogP contribution >= 0.6 is 11.3 Å². The molecule has 0 spiro atoms. The molecule has 7 rings (SSSR count). The lowest BCUT2D eigenvalue weighted by Gasteiger charge is -2.19. The normalized spacial score (nSPS) is 12.3. The summed E-state index contributed by atoms with van der Waals surface area (Å²) in [5, 5.41) is 5.24. The molecule has 0 N–H and O–H groups in total. The van der Waals surface area contributed by atoms with E-state index >= 15 is 0 Å². The number of nitrogens with zero attached hydrogens (tertiary/aromatic N) is 2. The first kappa shape index (κ1) is 23.2. The minimum atomic E-state index is -0.0874. The summed E-state index contributed by atoms with van der Waals surface area (Å²) in [7, 11) is 2.23. The number of hydrogen-bond acceptors (Lipinski definition) is 1. The van der Waals surface area contributed by atoms with Crippen LogP contribution in [0.3, 0.4) is 0 Å². The number of benzene rings is 5. The first-order valence-electron chi connectivity index (χ1n) is 13.3. The highest BCUT2D eigenvalue weighted by Gasteiger charge is 2.34. The van der Waals surface area contributed by atoms with Gasteiger partial charge < -0.3 is 0 Å². The Hall–Kier alpha value is -3.95. The summed E-state index contributed by atoms with van der Waals surface area (Å²) in [6.07, 6.45) is 0. The minimum absolute atomic E-state index is 0.0874. The third-order valence-electron chi connectivity index (χ3n) is 7.82. The molecule has 0 atom stereocenters. The fourth-order valence-corrected chi connectivity index (χ4v) is 7.27. The summed E-state index contributed by atoms with van der Waals surface area (Å²) in [5.74, 6) is 1.25. The van der Waals surface area contributed by atoms with Crippen molar-refractivity contribution in [3.63, 3.8) is 0 Å². The monoisotopic (exact) mass is 511 g/mol. The maximum Gasteiger partial charge on any atom is 0.290 e. The van der Waals surface area contributed by atoms with Gasteiger partial charge in [0, 0.05) is 25.6 Å². The van der Waals surface area contributed by atoms with Gasteiger partial charge in [0.15, 0.2) is 11.0 Å². The molecule has 2 nitrogen and oxygen atoms in total. The Morgan fingerprint density at radius 1 is 0.684 bits per heavy atom. The average molecular weight is 512 g/mol. The predicted octanol–water partition coefficient (Wildman–Crippen LogP) is 9.38. The second-order valence-corrected chi connectivity index (χ2v) is 12.5. The summed E-state index contributed by atoms with van der Waals surface area (Å²) in [6.45, 7) is 9.19. The van der Waals surface area contributed by atoms with Gasteiger partial charge in [0.25, 0.3) is 5.82 Å². The maximum atomic E-state index is 2.53. The third-order valence-corrected chi connectivity index (χ3v) is 8.95. The SMILES string of the molecule is Cc1cc2sc3ccc(-c4ccccc4)cc3c2cc1-c1n(C(C)(C)C)c2ccc3ccccc3c2[n+]1C. The highest BCUT2D eigenvalue weighted by molar-refractivity contribution is 7.25. The molecule has 0 radical (unpaired) electrons. The van der Waals surface area contributed by atoms with Crippen molar-refractivity contribution in [3.05, 3.63) is 103 Å². The van der Waals surface area contributed by atoms with Crippen molar-refractivity contribution in [2.75, 3.05) is 0 Å². The van der Waals surface area contributed by atoms with Crippen molar-refractivity contribution in [2.45, 2.75) is 33.2 Å². The Bertz CT molecular complexity index is 2020. The average Bonchev–Trinajstić information content (AvgIpc) is 3.42. The van der Waals surface area contributed by atoms with Gasteiger partial charge in [-0.2, -0.15) is 0 Å². The van der Waals surface area contributed by atoms with Crippen molar-refractivity contribution < 1.29 is 4.57 Å². The molecule has 0 fully saturated rings. The number of imidazole rings is 1. The summed E-state index contributed by atoms with van der Waals surface area (Å²) < 4.78 is 7.63. The molecule has 186 valence electrons. The van der Waals surface area contributed by atoms with E-state index in [4.69, 9.17) is 0 Å². The van der Waals surface area contributed by atoms with Gasteiger partial charge in [-0.3, -0.25) is 0 Å². The second-order valence-electron chi connectivity index (χ2n) is 11.4. The van der Waals surface area contributed by atoms with E-state index in [0.717, 1.165) is 0 Å². The lowest BCUT2D eigenvalue weighted by molar-refractivity contribution is -0.633. The topological polar surface area (TPSA) is 8.81 Å². The molecule has 0 aliphatic carbocycles. The zero-order valence-corrected chi connectivity index (χ0v) is 23.4. The van der Waals surface area contributed by atoms with Gasteiger partial charge in [-0.1, -0.05) is 54.6 Å². The lowest BCUT2D eigenvalue weighted by atomic mass is 9.99. The number of aryl methyl sites for hydroxylation is 2. The Morgan fingerprint density at radius 2 is 1.42 bits per heavy atom. The predicted molar refractivity (Wildman–Crippen MR) is 164 cm³/mol. The molecule has 38 heavy (non-hydrogen) atoms. The van der Waals surface area contributed by atoms with Crippen molar-refractivity contribution in [1.29, 1.82) is 0 Å². The summed E-state index contributed by atoms with van der Waals surface area (Å²) in [5.41, 5.74) is 7.59. The summed E-state index contributed by atoms with van der Waals surface area (Å²) >= 11 is 1.89. The Kier molecular flexibility index (Phi) is 5.05. The van der Waals surface area contributed by atoms with Gasteiger partial charge in [0.2, 0.25) is 0 Å². The van der Waals surface area contributed by atoms with E-state index in [2.05, 4.69) is 141 Å². The Labute approximate surface area is 227 Å². The van der Waals surface area contributed by atoms with Crippen LogP contribution < -0.4 is 4.57 Å². The van der Waals surface area contributed by atoms with E-state index < -0.39 is 0 Å². The van der Waals surface area contributed by atoms with Crippen molar-refractivity contribution in [1.82, 2.24) is 4.57 Å². The van der Waals surface area contributed by atoms with Crippen LogP contribution in [0.5, 0.6) is 0 Å². The van der Waals surface area contributed by atoms with Crippen LogP contribution in [0.25, 0.3) is 64.5 Å². The zero-order valence-electron chi connectivity index (χ0n) is 22.5. The Balaban J connectivity index is 1.56. The van der Waals surface area contributed by atoms with Gasteiger partial charge in [-0.15, -0.1) is 11.3 Å². The standard InChI is InChI=1S/C35H31N2S/c1-22-19-32-29(28-20-25(16-18-31(28)38-32)23-11-7-6-8-12-23)21-27(22)34-36(5)33-26-14-10-9-13-24(26)15-17-30(33)37(34)35(2,3)4/h6-21H,1-5H3/q+1. The maximum absolute atomic E-state index is 2.53. The largest absolute Gasteiger partial charge is 0.290 e. The van der Waals surface area contributed by atoms with Crippen LogP contribution in [0.2, 0.25) is 0 Å². The number of hydrogen-bond donors (Lipinski definition) is 0. The van der Waals surface area contributed by atoms with Gasteiger partial charge in [-0.05, 0) is 92.2 Å². The van der Waals surface area contributed by atoms with E-state index in [0.29, 0.717) is 0 Å². The molecule has 0 aliphatic heterocycles. The number of rotatable bonds is 2. The van der Waals surface area contributed by atoms with Crippen LogP contribution in [0.4, 0.5) is 0 Å². The molecule has 7 aromatic rings. The minimum Gasteiger partial charge on any atom is -0.225 e. The molecular formula is C35H31N2S+. The molecular weight excluding hydrogens is 480 g/mol. The zero-order chi connectivity index (χ0) is 26.2. The highest BCUT2D eigenvalue weighted by Crippen LogP contribution is 2.41. The molecule has 0 unspecified atom stereocenters. The van der Waals surface area contributed by atoms with E-state index in [1.807, 2.05) is 11.3 Å². The summed E-state index contributed by atoms with van der Waals surface area (Å²) in [4.78, 5) is 0. The molecule has 3 heteroatoms. The first-order chi connectivity index (χ1) is 18.3. The van der Waals surface area contributed by atoms with Crippen LogP contribution in [-0.2, 0) is 12.6 Å². The fourth-order valence-electron chi connectivity index (χ4n) is 6.10. The van der Waals surface area contributed by atoms with Crippen LogP contribution in [-0.4, -0.2) is 4.57 Å². The number of thiophene rings is 1. The van der Waals surface area contributed by atoms with Crippen molar-refractivity contribution in [3.8, 4) is 22.5 Å². The van der Waals surface area contributed by atoms with Crippen LogP contribution in [0.15, 0.2) is 97.1 Å². The fraction of sp³-hybridized carbons (Fsp3) is 0.171. The number of fused-ring (bicyclic) bond motifs is 6. The molecule has 0 aliphatic rings. The molecule has 0 amide bonds. The van der Waals surface area contributed by atoms with Gasteiger partial charge in [0.1, 0.15) is 5.54 Å². The molecule has 0 saturated carbocycles. The van der Waals surface area contributed by atoms with E-state index in [1.54, 1.807) is 0 Å². The smallest absolute Gasteiger partial charge is 0.225 e. The lowest BCUT2D eigenvalue weighted by Crippen LogP contribution is -2.33. The van der Waals surface area contributed by atoms with E-state index in [1.165, 1.54) is 70.1 Å². The van der Waals surface area contributed by atoms with Crippen LogP contribution in [0.1, 0.15) is 26.3 Å². The van der Waals surface area contributed by atoms with Crippen molar-refractivity contribution in [2.24, 2.45) is 7.05 Å². The van der Waals surface area contributed by atoms with E-state index in [-0.39, 0.29) is 5.54 Å². The van der Waals surface area contributed by atoms with Crippen molar-refractivity contribution >= 4 is 53.3 Å². The molecule has 5 aromatic carbocycles. The quantitative estimate of drug-likeness (QED) is 0.204. The Morgan fingerprint density at radius 3 is 2.21 bits per heavy atom. The van der Waals surface area contributed by atoms with E-state index in [9.17, 15) is 0 Å². The third kappa shape index (κ3) is 3.42.